The molecule has 0 heterocycles. The van der Waals surface area contributed by atoms with Crippen LogP contribution < -0.4 is 4.83 Å². The van der Waals surface area contributed by atoms with Crippen LogP contribution in [0.15, 0.2) is 47.6 Å². The SMILES string of the molecule is CCCS(=O)(=O)NN=CC1(c2ccc(O)cc2O)C=CC=CC1. The molecule has 1 unspecified atom stereocenters. The molecule has 0 saturated heterocycles. The number of hydrazone groups is 1. The Morgan fingerprint density at radius 2 is 2.13 bits per heavy atom. The summed E-state index contributed by atoms with van der Waals surface area (Å²) >= 11 is 0. The van der Waals surface area contributed by atoms with Crippen molar-refractivity contribution in [1.82, 2.24) is 4.83 Å². The Labute approximate surface area is 135 Å². The second-order valence-corrected chi connectivity index (χ2v) is 7.22. The first-order valence-corrected chi connectivity index (χ1v) is 8.94. The Kier molecular flexibility index (Phi) is 5.10. The van der Waals surface area contributed by atoms with Gasteiger partial charge in [-0.25, -0.2) is 13.2 Å². The zero-order valence-electron chi connectivity index (χ0n) is 12.8. The minimum Gasteiger partial charge on any atom is -0.508 e. The number of nitrogens with one attached hydrogen (secondary N) is 1. The lowest BCUT2D eigenvalue weighted by Gasteiger charge is -2.28. The molecular weight excluding hydrogens is 316 g/mol. The van der Waals surface area contributed by atoms with Gasteiger partial charge in [-0.3, -0.25) is 0 Å². The van der Waals surface area contributed by atoms with E-state index in [4.69, 9.17) is 0 Å². The summed E-state index contributed by atoms with van der Waals surface area (Å²) in [4.78, 5) is 2.19. The van der Waals surface area contributed by atoms with Crippen LogP contribution in [0, 0.1) is 0 Å². The Morgan fingerprint density at radius 3 is 2.74 bits per heavy atom. The smallest absolute Gasteiger partial charge is 0.247 e. The van der Waals surface area contributed by atoms with Gasteiger partial charge in [0.05, 0.1) is 11.2 Å². The van der Waals surface area contributed by atoms with Crippen molar-refractivity contribution >= 4 is 16.2 Å². The number of phenols is 2. The fraction of sp³-hybridized carbons (Fsp3) is 0.312. The van der Waals surface area contributed by atoms with Crippen LogP contribution in [0.4, 0.5) is 0 Å². The maximum Gasteiger partial charge on any atom is 0.247 e. The van der Waals surface area contributed by atoms with Crippen molar-refractivity contribution in [3.05, 3.63) is 48.1 Å². The lowest BCUT2D eigenvalue weighted by atomic mass is 9.76. The third kappa shape index (κ3) is 4.13. The van der Waals surface area contributed by atoms with Gasteiger partial charge >= 0.3 is 0 Å². The number of hydrogen-bond donors (Lipinski definition) is 3. The maximum absolute atomic E-state index is 11.7. The topological polar surface area (TPSA) is 99.0 Å². The predicted octanol–water partition coefficient (Wildman–Crippen LogP) is 2.17. The molecule has 0 amide bonds. The molecule has 1 aromatic carbocycles. The zero-order valence-corrected chi connectivity index (χ0v) is 13.6. The van der Waals surface area contributed by atoms with Crippen LogP contribution in [-0.4, -0.2) is 30.6 Å². The van der Waals surface area contributed by atoms with Crippen molar-refractivity contribution < 1.29 is 18.6 Å². The fourth-order valence-corrected chi connectivity index (χ4v) is 3.29. The molecule has 3 N–H and O–H groups in total. The van der Waals surface area contributed by atoms with E-state index < -0.39 is 15.4 Å². The van der Waals surface area contributed by atoms with Gasteiger partial charge in [0.2, 0.25) is 10.0 Å². The molecule has 23 heavy (non-hydrogen) atoms. The Hall–Kier alpha value is -2.28. The van der Waals surface area contributed by atoms with Gasteiger partial charge in [-0.15, -0.1) is 0 Å². The summed E-state index contributed by atoms with van der Waals surface area (Å²) in [5.41, 5.74) is -0.240. The monoisotopic (exact) mass is 336 g/mol. The van der Waals surface area contributed by atoms with Crippen LogP contribution in [-0.2, 0) is 15.4 Å². The van der Waals surface area contributed by atoms with E-state index in [0.717, 1.165) is 0 Å². The molecule has 0 spiro atoms. The predicted molar refractivity (Wildman–Crippen MR) is 90.1 cm³/mol. The molecule has 0 saturated carbocycles. The lowest BCUT2D eigenvalue weighted by molar-refractivity contribution is 0.441. The van der Waals surface area contributed by atoms with E-state index in [1.807, 2.05) is 24.3 Å². The molecule has 6 nitrogen and oxygen atoms in total. The number of aromatic hydroxyl groups is 2. The molecule has 1 aromatic rings. The molecule has 0 bridgehead atoms. The highest BCUT2D eigenvalue weighted by molar-refractivity contribution is 7.89. The van der Waals surface area contributed by atoms with Crippen molar-refractivity contribution in [3.8, 4) is 11.5 Å². The van der Waals surface area contributed by atoms with Crippen LogP contribution in [0.25, 0.3) is 0 Å². The number of benzene rings is 1. The van der Waals surface area contributed by atoms with Gasteiger partial charge < -0.3 is 10.2 Å². The summed E-state index contributed by atoms with van der Waals surface area (Å²) in [6.07, 6.45) is 9.88. The molecular formula is C16H20N2O4S. The summed E-state index contributed by atoms with van der Waals surface area (Å²) in [5, 5.41) is 23.5. The molecule has 7 heteroatoms. The highest BCUT2D eigenvalue weighted by Gasteiger charge is 2.30. The van der Waals surface area contributed by atoms with Crippen LogP contribution in [0.2, 0.25) is 0 Å². The van der Waals surface area contributed by atoms with E-state index in [1.54, 1.807) is 13.0 Å². The summed E-state index contributed by atoms with van der Waals surface area (Å²) in [6.45, 7) is 1.77. The molecule has 124 valence electrons. The minimum atomic E-state index is -3.45. The number of sulfonamides is 1. The summed E-state index contributed by atoms with van der Waals surface area (Å²) in [7, 11) is -3.45. The van der Waals surface area contributed by atoms with E-state index >= 15 is 0 Å². The summed E-state index contributed by atoms with van der Waals surface area (Å²) in [6, 6.07) is 4.32. The average Bonchev–Trinajstić information content (AvgIpc) is 2.47. The van der Waals surface area contributed by atoms with Crippen molar-refractivity contribution in [2.24, 2.45) is 5.10 Å². The Morgan fingerprint density at radius 1 is 1.35 bits per heavy atom. The second-order valence-electron chi connectivity index (χ2n) is 5.40. The normalized spacial score (nSPS) is 20.9. The third-order valence-electron chi connectivity index (χ3n) is 3.54. The Balaban J connectivity index is 2.34. The van der Waals surface area contributed by atoms with E-state index in [9.17, 15) is 18.6 Å². The fourth-order valence-electron chi connectivity index (χ4n) is 2.45. The van der Waals surface area contributed by atoms with Crippen LogP contribution in [0.5, 0.6) is 11.5 Å². The molecule has 0 fully saturated rings. The second kappa shape index (κ2) is 6.87. The average molecular weight is 336 g/mol. The molecule has 1 atom stereocenters. The minimum absolute atomic E-state index is 0.00244. The van der Waals surface area contributed by atoms with E-state index in [-0.39, 0.29) is 17.3 Å². The molecule has 2 rings (SSSR count). The highest BCUT2D eigenvalue weighted by Crippen LogP contribution is 2.38. The van der Waals surface area contributed by atoms with Crippen molar-refractivity contribution in [1.29, 1.82) is 0 Å². The summed E-state index contributed by atoms with van der Waals surface area (Å²) < 4.78 is 23.4. The first-order valence-electron chi connectivity index (χ1n) is 7.29. The van der Waals surface area contributed by atoms with Gasteiger partial charge in [-0.1, -0.05) is 37.3 Å². The first-order chi connectivity index (χ1) is 10.9. The molecule has 1 aliphatic carbocycles. The van der Waals surface area contributed by atoms with Gasteiger partial charge in [-0.05, 0) is 18.9 Å². The van der Waals surface area contributed by atoms with E-state index in [0.29, 0.717) is 18.4 Å². The van der Waals surface area contributed by atoms with E-state index in [1.165, 1.54) is 18.3 Å². The van der Waals surface area contributed by atoms with E-state index in [2.05, 4.69) is 9.93 Å². The molecule has 0 aromatic heterocycles. The van der Waals surface area contributed by atoms with Crippen molar-refractivity contribution in [2.45, 2.75) is 25.2 Å². The molecule has 0 radical (unpaired) electrons. The highest BCUT2D eigenvalue weighted by atomic mass is 32.2. The van der Waals surface area contributed by atoms with Crippen LogP contribution in [0.3, 0.4) is 0 Å². The number of phenolic OH excluding ortho intramolecular Hbond substituents is 2. The standard InChI is InChI=1S/C16H20N2O4S/c1-2-10-23(21,22)18-17-12-16(8-4-3-5-9-16)14-7-6-13(19)11-15(14)20/h3-8,11-12,18-20H,2,9-10H2,1H3. The quantitative estimate of drug-likeness (QED) is 0.547. The summed E-state index contributed by atoms with van der Waals surface area (Å²) in [5.74, 6) is -0.123. The Bertz CT molecular complexity index is 753. The van der Waals surface area contributed by atoms with Gasteiger partial charge in [0.1, 0.15) is 11.5 Å². The van der Waals surface area contributed by atoms with Crippen molar-refractivity contribution in [3.63, 3.8) is 0 Å². The van der Waals surface area contributed by atoms with Crippen molar-refractivity contribution in [2.75, 3.05) is 5.75 Å². The van der Waals surface area contributed by atoms with Crippen LogP contribution >= 0.6 is 0 Å². The zero-order chi connectivity index (χ0) is 16.9. The molecule has 0 aliphatic heterocycles. The number of rotatable bonds is 6. The van der Waals surface area contributed by atoms with Gasteiger partial charge in [0.15, 0.2) is 0 Å². The maximum atomic E-state index is 11.7. The number of nitrogens with zero attached hydrogens (tertiary/aromatic N) is 1. The van der Waals surface area contributed by atoms with Gasteiger partial charge in [-0.2, -0.15) is 5.10 Å². The lowest BCUT2D eigenvalue weighted by Crippen LogP contribution is -2.29. The van der Waals surface area contributed by atoms with Crippen LogP contribution in [0.1, 0.15) is 25.3 Å². The number of hydrogen-bond acceptors (Lipinski definition) is 5. The molecule has 1 aliphatic rings. The van der Waals surface area contributed by atoms with Gasteiger partial charge in [0, 0.05) is 17.8 Å². The number of allylic oxidation sites excluding steroid dienone is 4. The third-order valence-corrected chi connectivity index (χ3v) is 4.87. The largest absolute Gasteiger partial charge is 0.508 e. The van der Waals surface area contributed by atoms with Gasteiger partial charge in [0.25, 0.3) is 0 Å². The first kappa shape index (κ1) is 17.1.